The molecule has 3 heterocycles. The molecule has 1 aromatic carbocycles. The fraction of sp³-hybridized carbons (Fsp3) is 0.150. The Bertz CT molecular complexity index is 1200. The summed E-state index contributed by atoms with van der Waals surface area (Å²) in [6.45, 7) is 0. The number of aromatic nitrogens is 3. The van der Waals surface area contributed by atoms with E-state index < -0.39 is 0 Å². The third-order valence-corrected chi connectivity index (χ3v) is 5.26. The number of ether oxygens (including phenoxy) is 3. The minimum Gasteiger partial charge on any atom is -0.493 e. The topological polar surface area (TPSA) is 75.5 Å². The number of aryl methyl sites for hydroxylation is 1. The van der Waals surface area contributed by atoms with Gasteiger partial charge in [0.2, 0.25) is 0 Å². The molecule has 0 fully saturated rings. The van der Waals surface area contributed by atoms with E-state index in [1.165, 1.54) is 16.0 Å². The summed E-state index contributed by atoms with van der Waals surface area (Å²) in [7, 11) is 4.74. The van der Waals surface area contributed by atoms with E-state index in [9.17, 15) is 4.79 Å². The van der Waals surface area contributed by atoms with E-state index in [2.05, 4.69) is 10.1 Å². The predicted molar refractivity (Wildman–Crippen MR) is 108 cm³/mol. The molecule has 0 N–H and O–H groups in total. The number of methoxy groups -OCH3 is 2. The fourth-order valence-electron chi connectivity index (χ4n) is 2.92. The molecule has 0 amide bonds. The molecule has 0 saturated heterocycles. The van der Waals surface area contributed by atoms with Crippen LogP contribution in [0.1, 0.15) is 0 Å². The second-order valence-corrected chi connectivity index (χ2v) is 6.82. The van der Waals surface area contributed by atoms with Crippen molar-refractivity contribution in [3.8, 4) is 34.3 Å². The van der Waals surface area contributed by atoms with Gasteiger partial charge in [0, 0.05) is 36.5 Å². The second kappa shape index (κ2) is 7.32. The van der Waals surface area contributed by atoms with Crippen molar-refractivity contribution in [3.63, 3.8) is 0 Å². The van der Waals surface area contributed by atoms with E-state index in [0.717, 1.165) is 11.1 Å². The van der Waals surface area contributed by atoms with Crippen molar-refractivity contribution >= 4 is 21.4 Å². The Morgan fingerprint density at radius 2 is 1.79 bits per heavy atom. The normalized spacial score (nSPS) is 10.8. The minimum absolute atomic E-state index is 0.178. The molecular formula is C20H17N3O4S. The number of thiophene rings is 1. The highest BCUT2D eigenvalue weighted by Crippen LogP contribution is 2.38. The standard InChI is InChI=1S/C20H17N3O4S/c1-23-20(24)17-14(12-6-8-21-9-7-12)11-28-18(17)19(22-23)27-13-4-5-15(25-2)16(10-13)26-3/h4-11H,1-3H3. The molecule has 4 rings (SSSR count). The Kier molecular flexibility index (Phi) is 4.70. The van der Waals surface area contributed by atoms with Crippen molar-refractivity contribution in [1.82, 2.24) is 14.8 Å². The summed E-state index contributed by atoms with van der Waals surface area (Å²) in [4.78, 5) is 16.8. The van der Waals surface area contributed by atoms with Gasteiger partial charge in [0.1, 0.15) is 10.4 Å². The average Bonchev–Trinajstić information content (AvgIpc) is 3.18. The van der Waals surface area contributed by atoms with Crippen molar-refractivity contribution in [3.05, 3.63) is 58.5 Å². The predicted octanol–water partition coefficient (Wildman–Crippen LogP) is 3.87. The van der Waals surface area contributed by atoms with Crippen LogP contribution < -0.4 is 19.8 Å². The van der Waals surface area contributed by atoms with Gasteiger partial charge < -0.3 is 14.2 Å². The van der Waals surface area contributed by atoms with Gasteiger partial charge in [0.15, 0.2) is 11.5 Å². The molecule has 0 aliphatic heterocycles. The number of pyridine rings is 1. The lowest BCUT2D eigenvalue weighted by Gasteiger charge is -2.11. The highest BCUT2D eigenvalue weighted by Gasteiger charge is 2.18. The van der Waals surface area contributed by atoms with E-state index in [1.807, 2.05) is 17.5 Å². The largest absolute Gasteiger partial charge is 0.493 e. The van der Waals surface area contributed by atoms with Gasteiger partial charge >= 0.3 is 0 Å². The maximum absolute atomic E-state index is 12.8. The van der Waals surface area contributed by atoms with Crippen molar-refractivity contribution in [2.75, 3.05) is 14.2 Å². The monoisotopic (exact) mass is 395 g/mol. The Labute approximate surface area is 164 Å². The Morgan fingerprint density at radius 1 is 1.04 bits per heavy atom. The molecular weight excluding hydrogens is 378 g/mol. The Morgan fingerprint density at radius 3 is 2.50 bits per heavy atom. The van der Waals surface area contributed by atoms with Gasteiger partial charge in [-0.15, -0.1) is 16.4 Å². The molecule has 0 unspecified atom stereocenters. The maximum Gasteiger partial charge on any atom is 0.276 e. The smallest absolute Gasteiger partial charge is 0.276 e. The van der Waals surface area contributed by atoms with Crippen LogP contribution in [0.5, 0.6) is 23.1 Å². The van der Waals surface area contributed by atoms with Crippen molar-refractivity contribution in [2.24, 2.45) is 7.05 Å². The first-order chi connectivity index (χ1) is 13.6. The summed E-state index contributed by atoms with van der Waals surface area (Å²) in [5, 5.41) is 6.82. The fourth-order valence-corrected chi connectivity index (χ4v) is 3.91. The van der Waals surface area contributed by atoms with Gasteiger partial charge in [0.05, 0.1) is 19.6 Å². The number of rotatable bonds is 5. The highest BCUT2D eigenvalue weighted by atomic mass is 32.1. The van der Waals surface area contributed by atoms with Crippen LogP contribution in [-0.2, 0) is 7.05 Å². The molecule has 0 aliphatic carbocycles. The first-order valence-corrected chi connectivity index (χ1v) is 9.29. The molecule has 7 nitrogen and oxygen atoms in total. The highest BCUT2D eigenvalue weighted by molar-refractivity contribution is 7.18. The average molecular weight is 395 g/mol. The lowest BCUT2D eigenvalue weighted by Crippen LogP contribution is -2.19. The summed E-state index contributed by atoms with van der Waals surface area (Å²) in [6, 6.07) is 8.98. The number of hydrogen-bond acceptors (Lipinski definition) is 7. The molecule has 0 radical (unpaired) electrons. The van der Waals surface area contributed by atoms with Crippen LogP contribution in [0.25, 0.3) is 21.2 Å². The van der Waals surface area contributed by atoms with Gasteiger partial charge in [0.25, 0.3) is 11.4 Å². The molecule has 4 aromatic rings. The van der Waals surface area contributed by atoms with Crippen molar-refractivity contribution in [2.45, 2.75) is 0 Å². The van der Waals surface area contributed by atoms with E-state index in [0.29, 0.717) is 33.2 Å². The maximum atomic E-state index is 12.8. The van der Waals surface area contributed by atoms with Crippen LogP contribution in [0.4, 0.5) is 0 Å². The third-order valence-electron chi connectivity index (χ3n) is 4.29. The summed E-state index contributed by atoms with van der Waals surface area (Å²) >= 11 is 1.42. The van der Waals surface area contributed by atoms with Crippen LogP contribution in [0, 0.1) is 0 Å². The summed E-state index contributed by atoms with van der Waals surface area (Å²) in [6.07, 6.45) is 3.40. The number of hydrogen-bond donors (Lipinski definition) is 0. The SMILES string of the molecule is COc1ccc(Oc2nn(C)c(=O)c3c(-c4ccncc4)csc23)cc1OC. The molecule has 0 bridgehead atoms. The Hall–Kier alpha value is -3.39. The van der Waals surface area contributed by atoms with Gasteiger partial charge in [-0.3, -0.25) is 9.78 Å². The van der Waals surface area contributed by atoms with Crippen LogP contribution in [0.2, 0.25) is 0 Å². The van der Waals surface area contributed by atoms with Gasteiger partial charge in [-0.05, 0) is 29.8 Å². The van der Waals surface area contributed by atoms with E-state index in [4.69, 9.17) is 14.2 Å². The van der Waals surface area contributed by atoms with Crippen LogP contribution in [0.3, 0.4) is 0 Å². The van der Waals surface area contributed by atoms with Crippen LogP contribution >= 0.6 is 11.3 Å². The lowest BCUT2D eigenvalue weighted by molar-refractivity contribution is 0.351. The van der Waals surface area contributed by atoms with Crippen LogP contribution in [0.15, 0.2) is 52.9 Å². The zero-order valence-corrected chi connectivity index (χ0v) is 16.3. The molecule has 8 heteroatoms. The quantitative estimate of drug-likeness (QED) is 0.511. The third kappa shape index (κ3) is 3.07. The minimum atomic E-state index is -0.178. The zero-order valence-electron chi connectivity index (χ0n) is 15.5. The van der Waals surface area contributed by atoms with E-state index in [-0.39, 0.29) is 5.56 Å². The number of fused-ring (bicyclic) bond motifs is 1. The number of benzene rings is 1. The second-order valence-electron chi connectivity index (χ2n) is 5.94. The van der Waals surface area contributed by atoms with E-state index >= 15 is 0 Å². The summed E-state index contributed by atoms with van der Waals surface area (Å²) < 4.78 is 18.6. The Balaban J connectivity index is 1.84. The van der Waals surface area contributed by atoms with Gasteiger partial charge in [-0.2, -0.15) is 0 Å². The molecule has 3 aromatic heterocycles. The van der Waals surface area contributed by atoms with Crippen LogP contribution in [-0.4, -0.2) is 29.0 Å². The molecule has 28 heavy (non-hydrogen) atoms. The first-order valence-electron chi connectivity index (χ1n) is 8.41. The molecule has 0 atom stereocenters. The molecule has 0 saturated carbocycles. The molecule has 0 aliphatic rings. The number of nitrogens with zero attached hydrogens (tertiary/aromatic N) is 3. The van der Waals surface area contributed by atoms with Crippen molar-refractivity contribution < 1.29 is 14.2 Å². The summed E-state index contributed by atoms with van der Waals surface area (Å²) in [5.74, 6) is 2.04. The molecule has 0 spiro atoms. The lowest BCUT2D eigenvalue weighted by atomic mass is 10.1. The first kappa shape index (κ1) is 18.0. The van der Waals surface area contributed by atoms with E-state index in [1.54, 1.807) is 51.9 Å². The van der Waals surface area contributed by atoms with Gasteiger partial charge in [-0.1, -0.05) is 0 Å². The van der Waals surface area contributed by atoms with Crippen molar-refractivity contribution in [1.29, 1.82) is 0 Å². The summed E-state index contributed by atoms with van der Waals surface area (Å²) in [5.41, 5.74) is 1.58. The van der Waals surface area contributed by atoms with Gasteiger partial charge in [-0.25, -0.2) is 4.68 Å². The zero-order chi connectivity index (χ0) is 19.7. The molecule has 142 valence electrons.